The lowest BCUT2D eigenvalue weighted by Gasteiger charge is -2.22. The van der Waals surface area contributed by atoms with E-state index in [0.29, 0.717) is 10.8 Å². The number of rotatable bonds is 5. The van der Waals surface area contributed by atoms with Gasteiger partial charge in [-0.25, -0.2) is 9.78 Å². The van der Waals surface area contributed by atoms with Crippen molar-refractivity contribution in [2.24, 2.45) is 0 Å². The summed E-state index contributed by atoms with van der Waals surface area (Å²) in [6, 6.07) is 5.97. The zero-order valence-electron chi connectivity index (χ0n) is 15.8. The largest absolute Gasteiger partial charge is 0.335 e. The summed E-state index contributed by atoms with van der Waals surface area (Å²) in [4.78, 5) is 28.7. The summed E-state index contributed by atoms with van der Waals surface area (Å²) >= 11 is 1.33. The number of carbonyl (C=O) groups excluding carboxylic acids is 2. The number of hydrogen-bond acceptors (Lipinski definition) is 4. The molecule has 1 aromatic heterocycles. The highest BCUT2D eigenvalue weighted by Gasteiger charge is 2.16. The minimum Gasteiger partial charge on any atom is -0.335 e. The van der Waals surface area contributed by atoms with E-state index in [0.717, 1.165) is 29.7 Å². The van der Waals surface area contributed by atoms with Crippen LogP contribution >= 0.6 is 11.3 Å². The van der Waals surface area contributed by atoms with Crippen molar-refractivity contribution in [3.8, 4) is 0 Å². The number of anilines is 2. The zero-order valence-corrected chi connectivity index (χ0v) is 16.6. The van der Waals surface area contributed by atoms with Crippen LogP contribution in [-0.4, -0.2) is 23.0 Å². The molecule has 1 saturated carbocycles. The van der Waals surface area contributed by atoms with E-state index in [9.17, 15) is 9.59 Å². The normalized spacial score (nSPS) is 14.6. The predicted molar refractivity (Wildman–Crippen MR) is 109 cm³/mol. The van der Waals surface area contributed by atoms with Crippen molar-refractivity contribution in [2.75, 3.05) is 10.6 Å². The van der Waals surface area contributed by atoms with Gasteiger partial charge in [0.1, 0.15) is 0 Å². The molecule has 7 heteroatoms. The van der Waals surface area contributed by atoms with Gasteiger partial charge in [-0.2, -0.15) is 0 Å². The number of amides is 3. The number of urea groups is 1. The molecule has 1 aromatic carbocycles. The SMILES string of the molecule is Cc1cc(C)cc(NC(=O)Cc2csc(NC(=O)NC3CCCCC3)n2)c1. The molecule has 0 spiro atoms. The standard InChI is InChI=1S/C20H26N4O2S/c1-13-8-14(2)10-16(9-13)21-18(25)11-17-12-27-20(23-17)24-19(26)22-15-6-4-3-5-7-15/h8-10,12,15H,3-7,11H2,1-2H3,(H,21,25)(H2,22,23,24,26). The average molecular weight is 387 g/mol. The second kappa shape index (κ2) is 8.99. The molecular weight excluding hydrogens is 360 g/mol. The lowest BCUT2D eigenvalue weighted by Crippen LogP contribution is -2.39. The zero-order chi connectivity index (χ0) is 19.2. The monoisotopic (exact) mass is 386 g/mol. The highest BCUT2D eigenvalue weighted by molar-refractivity contribution is 7.13. The summed E-state index contributed by atoms with van der Waals surface area (Å²) in [5.74, 6) is -0.122. The molecule has 0 radical (unpaired) electrons. The van der Waals surface area contributed by atoms with Crippen LogP contribution in [0.25, 0.3) is 0 Å². The lowest BCUT2D eigenvalue weighted by molar-refractivity contribution is -0.115. The first kappa shape index (κ1) is 19.4. The smallest absolute Gasteiger partial charge is 0.321 e. The van der Waals surface area contributed by atoms with Crippen LogP contribution in [0.1, 0.15) is 48.9 Å². The summed E-state index contributed by atoms with van der Waals surface area (Å²) in [5, 5.41) is 11.0. The fourth-order valence-electron chi connectivity index (χ4n) is 3.43. The Bertz CT molecular complexity index is 792. The van der Waals surface area contributed by atoms with Crippen LogP contribution in [-0.2, 0) is 11.2 Å². The molecule has 0 unspecified atom stereocenters. The molecule has 0 bridgehead atoms. The van der Waals surface area contributed by atoms with Crippen LogP contribution < -0.4 is 16.0 Å². The molecule has 1 aliphatic carbocycles. The third-order valence-electron chi connectivity index (χ3n) is 4.56. The van der Waals surface area contributed by atoms with Gasteiger partial charge in [0.05, 0.1) is 12.1 Å². The van der Waals surface area contributed by atoms with Crippen LogP contribution in [0.3, 0.4) is 0 Å². The Labute approximate surface area is 163 Å². The molecule has 0 aliphatic heterocycles. The molecule has 144 valence electrons. The van der Waals surface area contributed by atoms with Crippen LogP contribution in [0.4, 0.5) is 15.6 Å². The van der Waals surface area contributed by atoms with E-state index in [2.05, 4.69) is 27.0 Å². The summed E-state index contributed by atoms with van der Waals surface area (Å²) < 4.78 is 0. The number of aromatic nitrogens is 1. The van der Waals surface area contributed by atoms with Crippen molar-refractivity contribution in [1.29, 1.82) is 0 Å². The van der Waals surface area contributed by atoms with E-state index >= 15 is 0 Å². The van der Waals surface area contributed by atoms with Crippen LogP contribution in [0.2, 0.25) is 0 Å². The molecule has 3 rings (SSSR count). The first-order valence-corrected chi connectivity index (χ1v) is 10.3. The number of hydrogen-bond donors (Lipinski definition) is 3. The summed E-state index contributed by atoms with van der Waals surface area (Å²) in [5.41, 5.74) is 3.65. The first-order chi connectivity index (χ1) is 13.0. The van der Waals surface area contributed by atoms with Crippen molar-refractivity contribution in [1.82, 2.24) is 10.3 Å². The van der Waals surface area contributed by atoms with Gasteiger partial charge >= 0.3 is 6.03 Å². The third-order valence-corrected chi connectivity index (χ3v) is 5.37. The fraction of sp³-hybridized carbons (Fsp3) is 0.450. The molecule has 1 heterocycles. The topological polar surface area (TPSA) is 83.1 Å². The van der Waals surface area contributed by atoms with Crippen molar-refractivity contribution >= 4 is 34.1 Å². The van der Waals surface area contributed by atoms with Gasteiger partial charge in [-0.1, -0.05) is 25.3 Å². The van der Waals surface area contributed by atoms with Crippen LogP contribution in [0, 0.1) is 13.8 Å². The quantitative estimate of drug-likeness (QED) is 0.712. The average Bonchev–Trinajstić information content (AvgIpc) is 3.01. The van der Waals surface area contributed by atoms with E-state index in [4.69, 9.17) is 0 Å². The van der Waals surface area contributed by atoms with Gasteiger partial charge in [0.15, 0.2) is 5.13 Å². The molecule has 2 aromatic rings. The van der Waals surface area contributed by atoms with E-state index in [1.54, 1.807) is 5.38 Å². The van der Waals surface area contributed by atoms with Crippen molar-refractivity contribution in [2.45, 2.75) is 58.4 Å². The lowest BCUT2D eigenvalue weighted by atomic mass is 9.96. The second-order valence-corrected chi connectivity index (χ2v) is 8.04. The van der Waals surface area contributed by atoms with Crippen LogP contribution in [0.5, 0.6) is 0 Å². The van der Waals surface area contributed by atoms with Crippen molar-refractivity contribution in [3.05, 3.63) is 40.4 Å². The minimum atomic E-state index is -0.220. The molecule has 3 amide bonds. The van der Waals surface area contributed by atoms with Gasteiger partial charge in [0.2, 0.25) is 5.91 Å². The maximum absolute atomic E-state index is 12.3. The molecule has 0 saturated heterocycles. The van der Waals surface area contributed by atoms with Gasteiger partial charge < -0.3 is 10.6 Å². The number of nitrogens with one attached hydrogen (secondary N) is 3. The Morgan fingerprint density at radius 3 is 2.48 bits per heavy atom. The molecule has 27 heavy (non-hydrogen) atoms. The Morgan fingerprint density at radius 1 is 1.07 bits per heavy atom. The highest BCUT2D eigenvalue weighted by atomic mass is 32.1. The van der Waals surface area contributed by atoms with Crippen LogP contribution in [0.15, 0.2) is 23.6 Å². The van der Waals surface area contributed by atoms with E-state index in [1.807, 2.05) is 26.0 Å². The molecule has 6 nitrogen and oxygen atoms in total. The molecule has 1 fully saturated rings. The maximum Gasteiger partial charge on any atom is 0.321 e. The van der Waals surface area contributed by atoms with E-state index < -0.39 is 0 Å². The van der Waals surface area contributed by atoms with E-state index in [1.165, 1.54) is 30.6 Å². The van der Waals surface area contributed by atoms with Gasteiger partial charge in [0, 0.05) is 17.1 Å². The minimum absolute atomic E-state index is 0.122. The van der Waals surface area contributed by atoms with Crippen molar-refractivity contribution in [3.63, 3.8) is 0 Å². The van der Waals surface area contributed by atoms with Gasteiger partial charge in [-0.3, -0.25) is 10.1 Å². The Balaban J connectivity index is 1.49. The van der Waals surface area contributed by atoms with Gasteiger partial charge in [0.25, 0.3) is 0 Å². The third kappa shape index (κ3) is 6.06. The Morgan fingerprint density at radius 2 is 1.78 bits per heavy atom. The maximum atomic E-state index is 12.3. The summed E-state index contributed by atoms with van der Waals surface area (Å²) in [6.07, 6.45) is 5.84. The molecule has 3 N–H and O–H groups in total. The number of benzene rings is 1. The van der Waals surface area contributed by atoms with Gasteiger partial charge in [-0.05, 0) is 49.9 Å². The highest BCUT2D eigenvalue weighted by Crippen LogP contribution is 2.19. The molecular formula is C20H26N4O2S. The van der Waals surface area contributed by atoms with Crippen molar-refractivity contribution < 1.29 is 9.59 Å². The number of carbonyl (C=O) groups is 2. The summed E-state index contributed by atoms with van der Waals surface area (Å²) in [6.45, 7) is 4.00. The number of nitrogens with zero attached hydrogens (tertiary/aromatic N) is 1. The van der Waals surface area contributed by atoms with E-state index in [-0.39, 0.29) is 24.4 Å². The first-order valence-electron chi connectivity index (χ1n) is 9.38. The Kier molecular flexibility index (Phi) is 6.45. The van der Waals surface area contributed by atoms with Gasteiger partial charge in [-0.15, -0.1) is 11.3 Å². The molecule has 0 atom stereocenters. The Hall–Kier alpha value is -2.41. The molecule has 1 aliphatic rings. The predicted octanol–water partition coefficient (Wildman–Crippen LogP) is 4.40. The number of aryl methyl sites for hydroxylation is 2. The number of thiazole rings is 1. The summed E-state index contributed by atoms with van der Waals surface area (Å²) in [7, 11) is 0. The fourth-order valence-corrected chi connectivity index (χ4v) is 4.13. The second-order valence-electron chi connectivity index (χ2n) is 7.18.